The Balaban J connectivity index is 1.65. The second kappa shape index (κ2) is 8.74. The number of hydrogen-bond donors (Lipinski definition) is 3. The predicted octanol–water partition coefficient (Wildman–Crippen LogP) is 3.23. The number of rotatable bonds is 3. The largest absolute Gasteiger partial charge is 0.393 e. The minimum Gasteiger partial charge on any atom is -0.393 e. The molecule has 3 rings (SSSR count). The van der Waals surface area contributed by atoms with Gasteiger partial charge in [-0.3, -0.25) is 4.79 Å². The van der Waals surface area contributed by atoms with E-state index >= 15 is 0 Å². The molecule has 1 aliphatic heterocycles. The van der Waals surface area contributed by atoms with Gasteiger partial charge in [0.05, 0.1) is 17.4 Å². The molecular weight excluding hydrogens is 342 g/mol. The zero-order valence-corrected chi connectivity index (χ0v) is 16.3. The summed E-state index contributed by atoms with van der Waals surface area (Å²) < 4.78 is 0. The summed E-state index contributed by atoms with van der Waals surface area (Å²) in [5, 5.41) is 15.4. The van der Waals surface area contributed by atoms with Crippen LogP contribution in [0.25, 0.3) is 0 Å². The number of aliphatic hydroxyl groups excluding tert-OH is 1. The number of carbonyl (C=O) groups is 2. The minimum absolute atomic E-state index is 0.0231. The minimum atomic E-state index is -0.294. The van der Waals surface area contributed by atoms with Crippen molar-refractivity contribution in [3.63, 3.8) is 0 Å². The third-order valence-electron chi connectivity index (χ3n) is 5.59. The molecule has 0 spiro atoms. The highest BCUT2D eigenvalue weighted by molar-refractivity contribution is 6.03. The molecule has 6 heteroatoms. The van der Waals surface area contributed by atoms with E-state index in [1.807, 2.05) is 17.0 Å². The topological polar surface area (TPSA) is 81.7 Å². The Kier molecular flexibility index (Phi) is 6.37. The summed E-state index contributed by atoms with van der Waals surface area (Å²) in [4.78, 5) is 27.4. The number of anilines is 1. The van der Waals surface area contributed by atoms with E-state index in [1.165, 1.54) is 0 Å². The van der Waals surface area contributed by atoms with Gasteiger partial charge in [0.15, 0.2) is 0 Å². The molecule has 27 heavy (non-hydrogen) atoms. The molecule has 2 aliphatic rings. The molecule has 1 aliphatic carbocycles. The van der Waals surface area contributed by atoms with Crippen LogP contribution in [0.4, 0.5) is 10.5 Å². The SMILES string of the molecule is C[C@@H]1C[C@@H](C)CN(C(=O)c2ccccc2NC(=O)NC2CCC(O)CC2)C1. The van der Waals surface area contributed by atoms with Crippen LogP contribution in [-0.4, -0.2) is 47.2 Å². The molecule has 0 radical (unpaired) electrons. The van der Waals surface area contributed by atoms with Crippen LogP contribution in [0.2, 0.25) is 0 Å². The van der Waals surface area contributed by atoms with Crippen LogP contribution in [0.3, 0.4) is 0 Å². The maximum atomic E-state index is 13.0. The van der Waals surface area contributed by atoms with Crippen LogP contribution in [0.5, 0.6) is 0 Å². The number of nitrogens with one attached hydrogen (secondary N) is 2. The van der Waals surface area contributed by atoms with Crippen molar-refractivity contribution in [3.05, 3.63) is 29.8 Å². The monoisotopic (exact) mass is 373 g/mol. The van der Waals surface area contributed by atoms with Gasteiger partial charge in [0, 0.05) is 19.1 Å². The van der Waals surface area contributed by atoms with Gasteiger partial charge in [-0.15, -0.1) is 0 Å². The van der Waals surface area contributed by atoms with Crippen LogP contribution >= 0.6 is 0 Å². The Bertz CT molecular complexity index is 660. The second-order valence-electron chi connectivity index (χ2n) is 8.31. The lowest BCUT2D eigenvalue weighted by molar-refractivity contribution is 0.0624. The Morgan fingerprint density at radius 3 is 2.33 bits per heavy atom. The number of likely N-dealkylation sites (tertiary alicyclic amines) is 1. The van der Waals surface area contributed by atoms with Gasteiger partial charge in [0.2, 0.25) is 0 Å². The van der Waals surface area contributed by atoms with Crippen LogP contribution in [0.15, 0.2) is 24.3 Å². The van der Waals surface area contributed by atoms with Gasteiger partial charge < -0.3 is 20.6 Å². The molecule has 1 aromatic carbocycles. The zero-order chi connectivity index (χ0) is 19.4. The van der Waals surface area contributed by atoms with Crippen LogP contribution in [0, 0.1) is 11.8 Å². The third-order valence-corrected chi connectivity index (χ3v) is 5.59. The number of nitrogens with zero attached hydrogens (tertiary/aromatic N) is 1. The Morgan fingerprint density at radius 2 is 1.67 bits per heavy atom. The first kappa shape index (κ1) is 19.7. The van der Waals surface area contributed by atoms with Crippen molar-refractivity contribution in [2.45, 2.75) is 58.1 Å². The summed E-state index contributed by atoms with van der Waals surface area (Å²) in [5.74, 6) is 0.954. The fourth-order valence-corrected chi connectivity index (χ4v) is 4.34. The van der Waals surface area contributed by atoms with Gasteiger partial charge in [-0.25, -0.2) is 4.79 Å². The van der Waals surface area contributed by atoms with Crippen molar-refractivity contribution >= 4 is 17.6 Å². The number of carbonyl (C=O) groups excluding carboxylic acids is 2. The highest BCUT2D eigenvalue weighted by atomic mass is 16.3. The first-order chi connectivity index (χ1) is 12.9. The quantitative estimate of drug-likeness (QED) is 0.761. The fraction of sp³-hybridized carbons (Fsp3) is 0.619. The van der Waals surface area contributed by atoms with Crippen molar-refractivity contribution in [2.75, 3.05) is 18.4 Å². The third kappa shape index (κ3) is 5.22. The Morgan fingerprint density at radius 1 is 1.04 bits per heavy atom. The predicted molar refractivity (Wildman–Crippen MR) is 106 cm³/mol. The highest BCUT2D eigenvalue weighted by Gasteiger charge is 2.28. The van der Waals surface area contributed by atoms with Gasteiger partial charge in [-0.1, -0.05) is 26.0 Å². The fourth-order valence-electron chi connectivity index (χ4n) is 4.34. The average Bonchev–Trinajstić information content (AvgIpc) is 2.63. The summed E-state index contributed by atoms with van der Waals surface area (Å²) in [6, 6.07) is 6.98. The van der Waals surface area contributed by atoms with Crippen LogP contribution in [0.1, 0.15) is 56.3 Å². The molecule has 0 aromatic heterocycles. The maximum absolute atomic E-state index is 13.0. The van der Waals surface area contributed by atoms with Crippen LogP contribution in [-0.2, 0) is 0 Å². The maximum Gasteiger partial charge on any atom is 0.319 e. The van der Waals surface area contributed by atoms with E-state index in [0.29, 0.717) is 35.9 Å². The first-order valence-electron chi connectivity index (χ1n) is 10.1. The summed E-state index contributed by atoms with van der Waals surface area (Å²) in [7, 11) is 0. The van der Waals surface area contributed by atoms with Gasteiger partial charge in [0.25, 0.3) is 5.91 Å². The highest BCUT2D eigenvalue weighted by Crippen LogP contribution is 2.25. The molecule has 0 bridgehead atoms. The van der Waals surface area contributed by atoms with E-state index in [1.54, 1.807) is 12.1 Å². The summed E-state index contributed by atoms with van der Waals surface area (Å²) >= 11 is 0. The molecule has 1 aromatic rings. The lowest BCUT2D eigenvalue weighted by Crippen LogP contribution is -2.43. The van der Waals surface area contributed by atoms with E-state index in [9.17, 15) is 14.7 Å². The number of urea groups is 1. The molecule has 2 atom stereocenters. The molecule has 3 N–H and O–H groups in total. The van der Waals surface area contributed by atoms with Crippen molar-refractivity contribution in [2.24, 2.45) is 11.8 Å². The van der Waals surface area contributed by atoms with Gasteiger partial charge in [-0.05, 0) is 56.1 Å². The second-order valence-corrected chi connectivity index (χ2v) is 8.31. The van der Waals surface area contributed by atoms with Crippen molar-refractivity contribution in [3.8, 4) is 0 Å². The van der Waals surface area contributed by atoms with Crippen molar-refractivity contribution < 1.29 is 14.7 Å². The van der Waals surface area contributed by atoms with E-state index < -0.39 is 0 Å². The molecule has 6 nitrogen and oxygen atoms in total. The Labute approximate surface area is 161 Å². The lowest BCUT2D eigenvalue weighted by atomic mass is 9.91. The van der Waals surface area contributed by atoms with Gasteiger partial charge in [0.1, 0.15) is 0 Å². The van der Waals surface area contributed by atoms with E-state index in [-0.39, 0.29) is 24.1 Å². The lowest BCUT2D eigenvalue weighted by Gasteiger charge is -2.35. The summed E-state index contributed by atoms with van der Waals surface area (Å²) in [6.45, 7) is 5.87. The van der Waals surface area contributed by atoms with E-state index in [4.69, 9.17) is 0 Å². The Hall–Kier alpha value is -2.08. The first-order valence-corrected chi connectivity index (χ1v) is 10.1. The molecule has 1 saturated heterocycles. The summed E-state index contributed by atoms with van der Waals surface area (Å²) in [5.41, 5.74) is 1.08. The normalized spacial score (nSPS) is 28.5. The van der Waals surface area contributed by atoms with Gasteiger partial charge >= 0.3 is 6.03 Å². The number of piperidine rings is 1. The van der Waals surface area contributed by atoms with Crippen LogP contribution < -0.4 is 10.6 Å². The standard InChI is InChI=1S/C21H31N3O3/c1-14-11-15(2)13-24(12-14)20(26)18-5-3-4-6-19(18)23-21(27)22-16-7-9-17(25)10-8-16/h3-6,14-17,25H,7-13H2,1-2H3,(H2,22,23,27)/t14-,15-,16?,17?/m1/s1. The van der Waals surface area contributed by atoms with Gasteiger partial charge in [-0.2, -0.15) is 0 Å². The molecule has 3 amide bonds. The molecule has 0 unspecified atom stereocenters. The smallest absolute Gasteiger partial charge is 0.319 e. The number of aliphatic hydroxyl groups is 1. The van der Waals surface area contributed by atoms with E-state index in [0.717, 1.165) is 32.4 Å². The number of benzene rings is 1. The average molecular weight is 373 g/mol. The molecule has 1 heterocycles. The number of amides is 3. The molecule has 148 valence electrons. The molecular formula is C21H31N3O3. The van der Waals surface area contributed by atoms with Crippen molar-refractivity contribution in [1.82, 2.24) is 10.2 Å². The zero-order valence-electron chi connectivity index (χ0n) is 16.3. The summed E-state index contributed by atoms with van der Waals surface area (Å²) in [6.07, 6.45) is 3.87. The van der Waals surface area contributed by atoms with E-state index in [2.05, 4.69) is 24.5 Å². The molecule has 1 saturated carbocycles. The number of hydrogen-bond acceptors (Lipinski definition) is 3. The number of para-hydroxylation sites is 1. The van der Waals surface area contributed by atoms with Crippen molar-refractivity contribution in [1.29, 1.82) is 0 Å². The molecule has 2 fully saturated rings.